The van der Waals surface area contributed by atoms with E-state index in [1.165, 1.54) is 42.5 Å². The van der Waals surface area contributed by atoms with E-state index < -0.39 is 17.4 Å². The SMILES string of the molecule is O=C1C=C(Oc2ccc(F)cc2)C(=O)c2c(O)cccc21. The molecule has 1 aliphatic carbocycles. The summed E-state index contributed by atoms with van der Waals surface area (Å²) in [6.45, 7) is 0. The van der Waals surface area contributed by atoms with Crippen LogP contribution in [0.2, 0.25) is 0 Å². The van der Waals surface area contributed by atoms with Crippen molar-refractivity contribution < 1.29 is 23.8 Å². The van der Waals surface area contributed by atoms with Crippen LogP contribution in [0, 0.1) is 5.82 Å². The van der Waals surface area contributed by atoms with Crippen molar-refractivity contribution in [3.63, 3.8) is 0 Å². The second-order valence-corrected chi connectivity index (χ2v) is 4.46. The molecule has 5 heteroatoms. The number of ketones is 2. The fourth-order valence-corrected chi connectivity index (χ4v) is 2.08. The van der Waals surface area contributed by atoms with Crippen LogP contribution in [0.1, 0.15) is 20.7 Å². The van der Waals surface area contributed by atoms with Gasteiger partial charge < -0.3 is 9.84 Å². The minimum absolute atomic E-state index is 0.0814. The van der Waals surface area contributed by atoms with Gasteiger partial charge in [0.15, 0.2) is 11.5 Å². The zero-order chi connectivity index (χ0) is 15.0. The summed E-state index contributed by atoms with van der Waals surface area (Å²) in [5.74, 6) is -1.72. The first kappa shape index (κ1) is 13.1. The van der Waals surface area contributed by atoms with Gasteiger partial charge in [-0.15, -0.1) is 0 Å². The number of phenols is 1. The second kappa shape index (κ2) is 4.86. The third kappa shape index (κ3) is 2.29. The maximum atomic E-state index is 12.8. The third-order valence-electron chi connectivity index (χ3n) is 3.06. The molecule has 1 N–H and O–H groups in total. The van der Waals surface area contributed by atoms with Crippen molar-refractivity contribution in [1.29, 1.82) is 0 Å². The highest BCUT2D eigenvalue weighted by molar-refractivity contribution is 6.24. The first-order valence-corrected chi connectivity index (χ1v) is 6.12. The summed E-state index contributed by atoms with van der Waals surface area (Å²) in [7, 11) is 0. The molecule has 0 aliphatic heterocycles. The molecule has 1 aliphatic rings. The van der Waals surface area contributed by atoms with Gasteiger partial charge in [-0.2, -0.15) is 0 Å². The summed E-state index contributed by atoms with van der Waals surface area (Å²) in [6, 6.07) is 9.31. The second-order valence-electron chi connectivity index (χ2n) is 4.46. The number of ether oxygens (including phenoxy) is 1. The topological polar surface area (TPSA) is 63.6 Å². The molecule has 21 heavy (non-hydrogen) atoms. The summed E-state index contributed by atoms with van der Waals surface area (Å²) in [4.78, 5) is 24.2. The zero-order valence-corrected chi connectivity index (χ0v) is 10.7. The number of Topliss-reactive ketones (excluding diaryl/α,β-unsaturated/α-hetero) is 1. The Morgan fingerprint density at radius 1 is 1.00 bits per heavy atom. The van der Waals surface area contributed by atoms with E-state index in [9.17, 15) is 19.1 Å². The van der Waals surface area contributed by atoms with Crippen molar-refractivity contribution in [1.82, 2.24) is 0 Å². The van der Waals surface area contributed by atoms with Crippen molar-refractivity contribution in [2.45, 2.75) is 0 Å². The Morgan fingerprint density at radius 3 is 2.43 bits per heavy atom. The molecule has 0 bridgehead atoms. The fraction of sp³-hybridized carbons (Fsp3) is 0. The highest BCUT2D eigenvalue weighted by Gasteiger charge is 2.29. The fourth-order valence-electron chi connectivity index (χ4n) is 2.08. The summed E-state index contributed by atoms with van der Waals surface area (Å²) in [6.07, 6.45) is 1.06. The Kier molecular flexibility index (Phi) is 3.02. The van der Waals surface area contributed by atoms with E-state index in [1.807, 2.05) is 0 Å². The van der Waals surface area contributed by atoms with E-state index in [2.05, 4.69) is 0 Å². The molecule has 0 atom stereocenters. The van der Waals surface area contributed by atoms with Crippen LogP contribution in [0.4, 0.5) is 4.39 Å². The lowest BCUT2D eigenvalue weighted by Crippen LogP contribution is -2.20. The molecule has 0 saturated carbocycles. The molecule has 0 heterocycles. The van der Waals surface area contributed by atoms with Gasteiger partial charge in [0.1, 0.15) is 17.3 Å². The third-order valence-corrected chi connectivity index (χ3v) is 3.06. The van der Waals surface area contributed by atoms with Crippen molar-refractivity contribution in [3.8, 4) is 11.5 Å². The smallest absolute Gasteiger partial charge is 0.232 e. The van der Waals surface area contributed by atoms with Crippen LogP contribution in [0.3, 0.4) is 0 Å². The van der Waals surface area contributed by atoms with E-state index >= 15 is 0 Å². The highest BCUT2D eigenvalue weighted by Crippen LogP contribution is 2.29. The molecule has 2 aromatic carbocycles. The Bertz CT molecular complexity index is 775. The Balaban J connectivity index is 1.98. The van der Waals surface area contributed by atoms with Gasteiger partial charge in [-0.3, -0.25) is 9.59 Å². The van der Waals surface area contributed by atoms with E-state index in [0.29, 0.717) is 0 Å². The maximum Gasteiger partial charge on any atom is 0.232 e. The average Bonchev–Trinajstić information content (AvgIpc) is 2.46. The van der Waals surface area contributed by atoms with Gasteiger partial charge in [-0.05, 0) is 30.3 Å². The molecule has 0 unspecified atom stereocenters. The van der Waals surface area contributed by atoms with Crippen molar-refractivity contribution in [3.05, 3.63) is 71.2 Å². The molecule has 0 fully saturated rings. The summed E-state index contributed by atoms with van der Waals surface area (Å²) in [5, 5.41) is 9.76. The van der Waals surface area contributed by atoms with Gasteiger partial charge in [0.25, 0.3) is 0 Å². The molecular formula is C16H9FO4. The lowest BCUT2D eigenvalue weighted by atomic mass is 9.93. The maximum absolute atomic E-state index is 12.8. The number of allylic oxidation sites excluding steroid dienone is 2. The quantitative estimate of drug-likeness (QED) is 0.921. The van der Waals surface area contributed by atoms with Crippen LogP contribution in [0.5, 0.6) is 11.5 Å². The first-order valence-electron chi connectivity index (χ1n) is 6.12. The monoisotopic (exact) mass is 284 g/mol. The number of halogens is 1. The minimum Gasteiger partial charge on any atom is -0.507 e. The molecule has 0 saturated heterocycles. The van der Waals surface area contributed by atoms with E-state index in [0.717, 1.165) is 6.08 Å². The predicted molar refractivity (Wildman–Crippen MR) is 71.9 cm³/mol. The molecule has 3 rings (SSSR count). The largest absolute Gasteiger partial charge is 0.507 e. The van der Waals surface area contributed by atoms with E-state index in [-0.39, 0.29) is 28.4 Å². The number of hydrogen-bond donors (Lipinski definition) is 1. The first-order chi connectivity index (χ1) is 10.1. The molecule has 104 valence electrons. The number of hydrogen-bond acceptors (Lipinski definition) is 4. The van der Waals surface area contributed by atoms with Crippen LogP contribution in [-0.4, -0.2) is 16.7 Å². The summed E-state index contributed by atoms with van der Waals surface area (Å²) >= 11 is 0. The number of fused-ring (bicyclic) bond motifs is 1. The Morgan fingerprint density at radius 2 is 1.71 bits per heavy atom. The molecule has 4 nitrogen and oxygen atoms in total. The minimum atomic E-state index is -0.591. The highest BCUT2D eigenvalue weighted by atomic mass is 19.1. The number of carbonyl (C=O) groups is 2. The van der Waals surface area contributed by atoms with Gasteiger partial charge in [-0.1, -0.05) is 12.1 Å². The van der Waals surface area contributed by atoms with Crippen LogP contribution < -0.4 is 4.74 Å². The molecule has 0 radical (unpaired) electrons. The molecular weight excluding hydrogens is 275 g/mol. The predicted octanol–water partition coefficient (Wildman–Crippen LogP) is 2.87. The zero-order valence-electron chi connectivity index (χ0n) is 10.7. The Labute approximate surface area is 119 Å². The van der Waals surface area contributed by atoms with Crippen LogP contribution in [-0.2, 0) is 0 Å². The van der Waals surface area contributed by atoms with Gasteiger partial charge >= 0.3 is 0 Å². The van der Waals surface area contributed by atoms with Crippen molar-refractivity contribution in [2.75, 3.05) is 0 Å². The lowest BCUT2D eigenvalue weighted by molar-refractivity contribution is 0.0944. The van der Waals surface area contributed by atoms with Gasteiger partial charge in [0, 0.05) is 11.6 Å². The molecule has 2 aromatic rings. The van der Waals surface area contributed by atoms with Gasteiger partial charge in [0.2, 0.25) is 5.78 Å². The van der Waals surface area contributed by atoms with Crippen LogP contribution >= 0.6 is 0 Å². The van der Waals surface area contributed by atoms with Crippen molar-refractivity contribution >= 4 is 11.6 Å². The summed E-state index contributed by atoms with van der Waals surface area (Å²) in [5.41, 5.74) is 0.0496. The summed E-state index contributed by atoms with van der Waals surface area (Å²) < 4.78 is 18.1. The number of carbonyl (C=O) groups excluding carboxylic acids is 2. The molecule has 0 spiro atoms. The average molecular weight is 284 g/mol. The van der Waals surface area contributed by atoms with Gasteiger partial charge in [0.05, 0.1) is 5.56 Å². The number of phenolic OH excluding ortho intramolecular Hbond substituents is 1. The van der Waals surface area contributed by atoms with Crippen molar-refractivity contribution in [2.24, 2.45) is 0 Å². The number of rotatable bonds is 2. The standard InChI is InChI=1S/C16H9FO4/c17-9-4-6-10(7-5-9)21-14-8-13(19)11-2-1-3-12(18)15(11)16(14)20/h1-8,18H. The normalized spacial score (nSPS) is 13.7. The number of benzene rings is 2. The lowest BCUT2D eigenvalue weighted by Gasteiger charge is -2.16. The molecule has 0 amide bonds. The molecule has 0 aromatic heterocycles. The van der Waals surface area contributed by atoms with Gasteiger partial charge in [-0.25, -0.2) is 4.39 Å². The van der Waals surface area contributed by atoms with E-state index in [4.69, 9.17) is 4.74 Å². The Hall–Kier alpha value is -2.95. The van der Waals surface area contributed by atoms with Crippen LogP contribution in [0.15, 0.2) is 54.3 Å². The number of aromatic hydroxyl groups is 1. The van der Waals surface area contributed by atoms with Crippen LogP contribution in [0.25, 0.3) is 0 Å². The van der Waals surface area contributed by atoms with E-state index in [1.54, 1.807) is 0 Å².